The van der Waals surface area contributed by atoms with Crippen LogP contribution in [0.3, 0.4) is 0 Å². The van der Waals surface area contributed by atoms with Gasteiger partial charge in [0, 0.05) is 23.4 Å². The van der Waals surface area contributed by atoms with Crippen molar-refractivity contribution in [2.45, 2.75) is 26.8 Å². The molecule has 27 heavy (non-hydrogen) atoms. The highest BCUT2D eigenvalue weighted by molar-refractivity contribution is 5.86. The predicted octanol–water partition coefficient (Wildman–Crippen LogP) is 4.28. The zero-order valence-electron chi connectivity index (χ0n) is 15.1. The van der Waals surface area contributed by atoms with E-state index in [1.165, 1.54) is 6.07 Å². The van der Waals surface area contributed by atoms with E-state index in [4.69, 9.17) is 4.74 Å². The average molecular weight is 366 g/mol. The zero-order chi connectivity index (χ0) is 19.0. The van der Waals surface area contributed by atoms with Gasteiger partial charge in [-0.15, -0.1) is 0 Å². The van der Waals surface area contributed by atoms with Crippen LogP contribution >= 0.6 is 0 Å². The molecule has 2 aromatic heterocycles. The number of anilines is 1. The number of amides is 1. The van der Waals surface area contributed by atoms with Crippen molar-refractivity contribution in [1.29, 1.82) is 0 Å². The molecule has 1 amide bonds. The molecule has 7 heteroatoms. The summed E-state index contributed by atoms with van der Waals surface area (Å²) in [6, 6.07) is 10.2. The van der Waals surface area contributed by atoms with Gasteiger partial charge in [-0.25, -0.2) is 14.2 Å². The first kappa shape index (κ1) is 17.2. The summed E-state index contributed by atoms with van der Waals surface area (Å²) < 4.78 is 21.5. The van der Waals surface area contributed by atoms with Crippen LogP contribution in [0, 0.1) is 11.2 Å². The number of fused-ring (bicyclic) bond motifs is 1. The Morgan fingerprint density at radius 2 is 2.00 bits per heavy atom. The quantitative estimate of drug-likeness (QED) is 0.751. The molecule has 0 atom stereocenters. The molecule has 3 aromatic rings. The lowest BCUT2D eigenvalue weighted by molar-refractivity contribution is 0.215. The number of nitrogens with zero attached hydrogens (tertiary/aromatic N) is 3. The van der Waals surface area contributed by atoms with Gasteiger partial charge in [-0.3, -0.25) is 10.00 Å². The van der Waals surface area contributed by atoms with E-state index in [-0.39, 0.29) is 11.2 Å². The van der Waals surface area contributed by atoms with Crippen molar-refractivity contribution in [2.75, 3.05) is 5.32 Å². The Kier molecular flexibility index (Phi) is 4.14. The van der Waals surface area contributed by atoms with Gasteiger partial charge in [0.2, 0.25) is 0 Å². The molecule has 1 aliphatic heterocycles. The van der Waals surface area contributed by atoms with E-state index in [2.05, 4.69) is 29.2 Å². The maximum Gasteiger partial charge on any atom is 0.418 e. The van der Waals surface area contributed by atoms with Crippen molar-refractivity contribution in [1.82, 2.24) is 14.8 Å². The standard InChI is InChI=1S/C20H19FN4O2/c1-20(2)9-17-15(10-23-25(17)12-20)14-8-18(22-11-16(14)21)24-19(26)27-13-6-4-3-5-7-13/h3-8,10-11H,9,12H2,1-2H3,(H,22,24,26). The molecule has 0 fully saturated rings. The molecule has 0 spiro atoms. The molecule has 1 N–H and O–H groups in total. The van der Waals surface area contributed by atoms with Crippen LogP contribution in [0.2, 0.25) is 0 Å². The SMILES string of the molecule is CC1(C)Cc2c(-c3cc(NC(=O)Oc4ccccc4)ncc3F)cnn2C1. The number of para-hydroxylation sites is 1. The molecule has 1 aliphatic rings. The number of nitrogens with one attached hydrogen (secondary N) is 1. The molecule has 3 heterocycles. The van der Waals surface area contributed by atoms with Crippen molar-refractivity contribution in [3.05, 3.63) is 60.3 Å². The maximum atomic E-state index is 14.4. The number of hydrogen-bond donors (Lipinski definition) is 1. The van der Waals surface area contributed by atoms with Crippen LogP contribution in [-0.2, 0) is 13.0 Å². The number of hydrogen-bond acceptors (Lipinski definition) is 4. The molecule has 0 unspecified atom stereocenters. The molecule has 1 aromatic carbocycles. The molecular weight excluding hydrogens is 347 g/mol. The molecule has 0 aliphatic carbocycles. The van der Waals surface area contributed by atoms with Crippen LogP contribution in [-0.4, -0.2) is 20.9 Å². The summed E-state index contributed by atoms with van der Waals surface area (Å²) in [6.07, 6.45) is 2.88. The predicted molar refractivity (Wildman–Crippen MR) is 99.0 cm³/mol. The molecular formula is C20H19FN4O2. The van der Waals surface area contributed by atoms with Gasteiger partial charge in [-0.2, -0.15) is 5.10 Å². The Bertz CT molecular complexity index is 998. The second-order valence-corrected chi connectivity index (χ2v) is 7.38. The number of carbonyl (C=O) groups is 1. The number of pyridine rings is 1. The van der Waals surface area contributed by atoms with E-state index < -0.39 is 11.9 Å². The average Bonchev–Trinajstić information content (AvgIpc) is 3.12. The smallest absolute Gasteiger partial charge is 0.410 e. The van der Waals surface area contributed by atoms with Gasteiger partial charge in [-0.05, 0) is 30.0 Å². The third kappa shape index (κ3) is 3.53. The third-order valence-electron chi connectivity index (χ3n) is 4.50. The largest absolute Gasteiger partial charge is 0.418 e. The van der Waals surface area contributed by atoms with Gasteiger partial charge in [-0.1, -0.05) is 32.0 Å². The van der Waals surface area contributed by atoms with Crippen molar-refractivity contribution < 1.29 is 13.9 Å². The second-order valence-electron chi connectivity index (χ2n) is 7.38. The third-order valence-corrected chi connectivity index (χ3v) is 4.50. The summed E-state index contributed by atoms with van der Waals surface area (Å²) in [5, 5.41) is 6.91. The van der Waals surface area contributed by atoms with E-state index in [1.54, 1.807) is 30.5 Å². The first-order valence-electron chi connectivity index (χ1n) is 8.66. The highest BCUT2D eigenvalue weighted by atomic mass is 19.1. The van der Waals surface area contributed by atoms with Crippen molar-refractivity contribution in [3.8, 4) is 16.9 Å². The van der Waals surface area contributed by atoms with Gasteiger partial charge >= 0.3 is 6.09 Å². The molecule has 4 rings (SSSR count). The van der Waals surface area contributed by atoms with Crippen LogP contribution < -0.4 is 10.1 Å². The minimum absolute atomic E-state index is 0.0857. The fourth-order valence-corrected chi connectivity index (χ4v) is 3.31. The highest BCUT2D eigenvalue weighted by Crippen LogP contribution is 2.37. The fourth-order valence-electron chi connectivity index (χ4n) is 3.31. The normalized spacial score (nSPS) is 14.6. The van der Waals surface area contributed by atoms with E-state index in [1.807, 2.05) is 10.7 Å². The highest BCUT2D eigenvalue weighted by Gasteiger charge is 2.32. The van der Waals surface area contributed by atoms with Gasteiger partial charge < -0.3 is 4.74 Å². The Balaban J connectivity index is 1.57. The Labute approximate surface area is 156 Å². The number of ether oxygens (including phenoxy) is 1. The fraction of sp³-hybridized carbons (Fsp3) is 0.250. The summed E-state index contributed by atoms with van der Waals surface area (Å²) in [4.78, 5) is 16.0. The number of halogens is 1. The van der Waals surface area contributed by atoms with Gasteiger partial charge in [0.05, 0.1) is 12.4 Å². The zero-order valence-corrected chi connectivity index (χ0v) is 15.1. The number of aromatic nitrogens is 3. The van der Waals surface area contributed by atoms with Crippen LogP contribution in [0.25, 0.3) is 11.1 Å². The number of carbonyl (C=O) groups excluding carboxylic acids is 1. The minimum Gasteiger partial charge on any atom is -0.410 e. The second kappa shape index (κ2) is 6.50. The van der Waals surface area contributed by atoms with Crippen LogP contribution in [0.15, 0.2) is 48.8 Å². The molecule has 0 saturated carbocycles. The Morgan fingerprint density at radius 3 is 2.78 bits per heavy atom. The van der Waals surface area contributed by atoms with Crippen LogP contribution in [0.1, 0.15) is 19.5 Å². The molecule has 138 valence electrons. The van der Waals surface area contributed by atoms with E-state index >= 15 is 0 Å². The molecule has 6 nitrogen and oxygen atoms in total. The molecule has 0 radical (unpaired) electrons. The van der Waals surface area contributed by atoms with E-state index in [0.717, 1.165) is 30.4 Å². The van der Waals surface area contributed by atoms with Gasteiger partial charge in [0.1, 0.15) is 17.4 Å². The lowest BCUT2D eigenvalue weighted by Crippen LogP contribution is -2.17. The topological polar surface area (TPSA) is 69.0 Å². The summed E-state index contributed by atoms with van der Waals surface area (Å²) in [5.41, 5.74) is 2.16. The van der Waals surface area contributed by atoms with E-state index in [9.17, 15) is 9.18 Å². The first-order valence-corrected chi connectivity index (χ1v) is 8.66. The number of benzene rings is 1. The maximum absolute atomic E-state index is 14.4. The monoisotopic (exact) mass is 366 g/mol. The van der Waals surface area contributed by atoms with Crippen molar-refractivity contribution in [3.63, 3.8) is 0 Å². The summed E-state index contributed by atoms with van der Waals surface area (Å²) in [6.45, 7) is 5.10. The molecule has 0 bridgehead atoms. The Hall–Kier alpha value is -3.22. The summed E-state index contributed by atoms with van der Waals surface area (Å²) in [7, 11) is 0. The minimum atomic E-state index is -0.687. The lowest BCUT2D eigenvalue weighted by Gasteiger charge is -2.14. The summed E-state index contributed by atoms with van der Waals surface area (Å²) in [5.74, 6) is 0.163. The van der Waals surface area contributed by atoms with Gasteiger partial charge in [0.25, 0.3) is 0 Å². The van der Waals surface area contributed by atoms with Gasteiger partial charge in [0.15, 0.2) is 0 Å². The Morgan fingerprint density at radius 1 is 1.22 bits per heavy atom. The van der Waals surface area contributed by atoms with E-state index in [0.29, 0.717) is 11.3 Å². The van der Waals surface area contributed by atoms with Crippen LogP contribution in [0.4, 0.5) is 15.0 Å². The summed E-state index contributed by atoms with van der Waals surface area (Å²) >= 11 is 0. The number of rotatable bonds is 3. The van der Waals surface area contributed by atoms with Crippen LogP contribution in [0.5, 0.6) is 5.75 Å². The molecule has 0 saturated heterocycles. The first-order chi connectivity index (χ1) is 12.9. The van der Waals surface area contributed by atoms with Crippen molar-refractivity contribution in [2.24, 2.45) is 5.41 Å². The van der Waals surface area contributed by atoms with Crippen molar-refractivity contribution >= 4 is 11.9 Å². The lowest BCUT2D eigenvalue weighted by atomic mass is 9.89.